The SMILES string of the molecule is [CH2]=[Hf]([CH3])([CH3])([CH3])([CH2]C(C)C)([CH]1C=Cc2c(-c3ccc(C(C)C)cc3)cccc21)[CH]1C=Cc2c(-c3ccc(C(C)C)cc3)cccc21. The zero-order valence-corrected chi connectivity index (χ0v) is 32.8. The van der Waals surface area contributed by atoms with Gasteiger partial charge in [-0.1, -0.05) is 0 Å². The summed E-state index contributed by atoms with van der Waals surface area (Å²) in [7, 11) is 0. The van der Waals surface area contributed by atoms with Gasteiger partial charge >= 0.3 is 269 Å². The summed E-state index contributed by atoms with van der Waals surface area (Å²) >= 11 is -5.25. The second kappa shape index (κ2) is 9.80. The van der Waals surface area contributed by atoms with Crippen molar-refractivity contribution in [3.63, 3.8) is 0 Å². The molecule has 45 heavy (non-hydrogen) atoms. The fourth-order valence-corrected chi connectivity index (χ4v) is 48.2. The van der Waals surface area contributed by atoms with Gasteiger partial charge in [0.15, 0.2) is 0 Å². The molecule has 0 heterocycles. The molecule has 6 rings (SSSR count). The predicted octanol–water partition coefficient (Wildman–Crippen LogP) is 13.5. The fourth-order valence-electron chi connectivity index (χ4n) is 10.2. The van der Waals surface area contributed by atoms with Crippen LogP contribution in [0.15, 0.2) is 97.1 Å². The molecule has 2 aliphatic rings. The van der Waals surface area contributed by atoms with Crippen LogP contribution in [0.5, 0.6) is 0 Å². The van der Waals surface area contributed by atoms with Crippen molar-refractivity contribution in [2.24, 2.45) is 5.92 Å². The number of hydrogen-bond acceptors (Lipinski definition) is 0. The summed E-state index contributed by atoms with van der Waals surface area (Å²) < 4.78 is 15.6. The van der Waals surface area contributed by atoms with E-state index in [0.29, 0.717) is 17.8 Å². The quantitative estimate of drug-likeness (QED) is 0.157. The van der Waals surface area contributed by atoms with Crippen LogP contribution in [-0.4, -0.2) is 4.26 Å². The molecule has 234 valence electrons. The summed E-state index contributed by atoms with van der Waals surface area (Å²) in [4.78, 5) is 0. The molecule has 0 radical (unpaired) electrons. The van der Waals surface area contributed by atoms with Crippen LogP contribution in [0.2, 0.25) is 18.2 Å². The third kappa shape index (κ3) is 5.09. The van der Waals surface area contributed by atoms with Crippen molar-refractivity contribution in [2.75, 3.05) is 0 Å². The summed E-state index contributed by atoms with van der Waals surface area (Å²) in [5, 5.41) is 0. The Balaban J connectivity index is 1.52. The van der Waals surface area contributed by atoms with E-state index in [2.05, 4.69) is 165 Å². The van der Waals surface area contributed by atoms with Gasteiger partial charge in [0.1, 0.15) is 0 Å². The molecule has 4 aromatic rings. The molecule has 0 saturated heterocycles. The summed E-state index contributed by atoms with van der Waals surface area (Å²) in [5.41, 5.74) is 13.8. The molecule has 0 N–H and O–H groups in total. The zero-order valence-electron chi connectivity index (χ0n) is 29.2. The van der Waals surface area contributed by atoms with E-state index in [4.69, 9.17) is 4.26 Å². The molecule has 0 aliphatic heterocycles. The first-order chi connectivity index (χ1) is 21.0. The van der Waals surface area contributed by atoms with Crippen LogP contribution in [0.3, 0.4) is 0 Å². The summed E-state index contributed by atoms with van der Waals surface area (Å²) in [5.74, 6) is 1.59. The summed E-state index contributed by atoms with van der Waals surface area (Å²) in [6.45, 7) is 13.9. The molecule has 2 unspecified atom stereocenters. The first kappa shape index (κ1) is 32.1. The fraction of sp³-hybridized carbons (Fsp3) is 0.341. The molecule has 0 nitrogen and oxygen atoms in total. The second-order valence-corrected chi connectivity index (χ2v) is 72.3. The van der Waals surface area contributed by atoms with Crippen molar-refractivity contribution in [1.29, 1.82) is 0 Å². The number of allylic oxidation sites excluding steroid dienone is 2. The van der Waals surface area contributed by atoms with Crippen molar-refractivity contribution in [1.82, 2.24) is 0 Å². The molecular formula is C44H54Hf. The van der Waals surface area contributed by atoms with Crippen LogP contribution in [0, 0.1) is 5.92 Å². The maximum atomic E-state index is 5.73. The number of fused-ring (bicyclic) bond motifs is 2. The van der Waals surface area contributed by atoms with E-state index >= 15 is 0 Å². The molecule has 0 saturated carbocycles. The molecule has 1 heteroatoms. The third-order valence-electron chi connectivity index (χ3n) is 12.1. The Morgan fingerprint density at radius 3 is 1.27 bits per heavy atom. The summed E-state index contributed by atoms with van der Waals surface area (Å²) in [6.07, 6.45) is 10.0. The Morgan fingerprint density at radius 2 is 0.933 bits per heavy atom. The monoisotopic (exact) mass is 762 g/mol. The van der Waals surface area contributed by atoms with Gasteiger partial charge in [-0.3, -0.25) is 0 Å². The van der Waals surface area contributed by atoms with Gasteiger partial charge in [0.2, 0.25) is 0 Å². The Bertz CT molecular complexity index is 1840. The Labute approximate surface area is 267 Å². The van der Waals surface area contributed by atoms with Gasteiger partial charge < -0.3 is 0 Å². The molecule has 0 spiro atoms. The molecule has 0 aromatic heterocycles. The zero-order chi connectivity index (χ0) is 32.5. The van der Waals surface area contributed by atoms with Crippen molar-refractivity contribution >= 4 is 16.4 Å². The molecule has 2 aliphatic carbocycles. The van der Waals surface area contributed by atoms with Gasteiger partial charge in [0.05, 0.1) is 0 Å². The molecule has 0 amide bonds. The standard InChI is InChI=1S/2C18H17.C4H9.3CH3.CH2.Hf/c2*1-13(2)14-9-11-16(12-10-14)18-8-4-6-15-5-3-7-17(15)18;1-4(2)3;;;;;/h2*3-13H,1-2H3;4H,1H2,2-3H3;3*1H3;1H2;. The van der Waals surface area contributed by atoms with E-state index < -0.39 is 15.1 Å². The second-order valence-electron chi connectivity index (χ2n) is 19.0. The normalized spacial score (nSPS) is 19.8. The van der Waals surface area contributed by atoms with Crippen LogP contribution >= 0.6 is 0 Å². The van der Waals surface area contributed by atoms with E-state index in [9.17, 15) is 0 Å². The average molecular weight is 761 g/mol. The number of rotatable bonds is 8. The molecule has 4 aromatic carbocycles. The van der Waals surface area contributed by atoms with Crippen molar-refractivity contribution < 1.29 is 15.1 Å². The molecular weight excluding hydrogens is 707 g/mol. The Kier molecular flexibility index (Phi) is 6.98. The number of hydrogen-bond donors (Lipinski definition) is 0. The van der Waals surface area contributed by atoms with Gasteiger partial charge in [-0.2, -0.15) is 0 Å². The van der Waals surface area contributed by atoms with Crippen LogP contribution in [0.1, 0.15) is 94.1 Å². The topological polar surface area (TPSA) is 0 Å². The van der Waals surface area contributed by atoms with Crippen molar-refractivity contribution in [2.45, 2.75) is 78.9 Å². The Hall–Kier alpha value is -2.90. The first-order valence-electron chi connectivity index (χ1n) is 17.4. The van der Waals surface area contributed by atoms with Crippen molar-refractivity contribution in [3.8, 4) is 22.3 Å². The van der Waals surface area contributed by atoms with E-state index in [0.717, 1.165) is 4.18 Å². The van der Waals surface area contributed by atoms with Gasteiger partial charge in [0.25, 0.3) is 0 Å². The predicted molar refractivity (Wildman–Crippen MR) is 200 cm³/mol. The van der Waals surface area contributed by atoms with E-state index in [-0.39, 0.29) is 7.35 Å². The number of benzene rings is 4. The minimum atomic E-state index is -5.25. The molecule has 2 atom stereocenters. The van der Waals surface area contributed by atoms with E-state index in [1.807, 2.05) is 0 Å². The van der Waals surface area contributed by atoms with Crippen molar-refractivity contribution in [3.05, 3.63) is 130 Å². The van der Waals surface area contributed by atoms with Gasteiger partial charge in [0, 0.05) is 0 Å². The van der Waals surface area contributed by atoms with Crippen LogP contribution in [0.4, 0.5) is 0 Å². The summed E-state index contributed by atoms with van der Waals surface area (Å²) in [6, 6.07) is 32.5. The van der Waals surface area contributed by atoms with Gasteiger partial charge in [-0.05, 0) is 0 Å². The first-order valence-corrected chi connectivity index (χ1v) is 37.4. The maximum absolute atomic E-state index is 5.73. The van der Waals surface area contributed by atoms with Gasteiger partial charge in [-0.25, -0.2) is 0 Å². The molecule has 0 fully saturated rings. The van der Waals surface area contributed by atoms with E-state index in [1.54, 1.807) is 0 Å². The minimum absolute atomic E-state index is 0.288. The van der Waals surface area contributed by atoms with Crippen LogP contribution < -0.4 is 0 Å². The van der Waals surface area contributed by atoms with Crippen LogP contribution in [-0.2, 0) is 15.1 Å². The average Bonchev–Trinajstić information content (AvgIpc) is 3.63. The third-order valence-corrected chi connectivity index (χ3v) is 48.1. The van der Waals surface area contributed by atoms with Crippen LogP contribution in [0.25, 0.3) is 34.4 Å². The van der Waals surface area contributed by atoms with Gasteiger partial charge in [-0.15, -0.1) is 0 Å². The Morgan fingerprint density at radius 1 is 0.556 bits per heavy atom. The molecule has 0 bridgehead atoms. The van der Waals surface area contributed by atoms with E-state index in [1.165, 1.54) is 55.6 Å².